The van der Waals surface area contributed by atoms with Crippen LogP contribution in [0.4, 0.5) is 4.79 Å². The standard InChI is InChI=1S/C11H14ClN3O2/c1-11(2,3)17-10(16)14-15-6-4-5-8(12)9(15)7-13/h4-6,9H,1-3H3,(H,14,16). The van der Waals surface area contributed by atoms with Crippen LogP contribution in [0.25, 0.3) is 0 Å². The lowest BCUT2D eigenvalue weighted by Gasteiger charge is -2.29. The molecule has 1 unspecified atom stereocenters. The smallest absolute Gasteiger partial charge is 0.426 e. The number of nitrogens with one attached hydrogen (secondary N) is 1. The number of halogens is 1. The number of rotatable bonds is 1. The molecule has 0 aromatic heterocycles. The van der Waals surface area contributed by atoms with E-state index in [1.807, 2.05) is 6.07 Å². The van der Waals surface area contributed by atoms with Gasteiger partial charge in [-0.05, 0) is 32.9 Å². The zero-order valence-corrected chi connectivity index (χ0v) is 10.7. The van der Waals surface area contributed by atoms with Crippen LogP contribution in [0.1, 0.15) is 20.8 Å². The molecule has 5 nitrogen and oxygen atoms in total. The molecule has 1 aliphatic heterocycles. The lowest BCUT2D eigenvalue weighted by Crippen LogP contribution is -2.47. The van der Waals surface area contributed by atoms with Crippen molar-refractivity contribution in [3.63, 3.8) is 0 Å². The van der Waals surface area contributed by atoms with Gasteiger partial charge in [0.05, 0.1) is 11.1 Å². The molecule has 0 aromatic carbocycles. The molecule has 0 bridgehead atoms. The number of hydrogen-bond acceptors (Lipinski definition) is 4. The molecule has 17 heavy (non-hydrogen) atoms. The monoisotopic (exact) mass is 255 g/mol. The maximum absolute atomic E-state index is 11.5. The molecule has 6 heteroatoms. The predicted molar refractivity (Wildman–Crippen MR) is 63.7 cm³/mol. The first-order chi connectivity index (χ1) is 7.83. The molecule has 0 aromatic rings. The second kappa shape index (κ2) is 5.11. The van der Waals surface area contributed by atoms with Crippen LogP contribution in [0.5, 0.6) is 0 Å². The van der Waals surface area contributed by atoms with Crippen LogP contribution in [-0.2, 0) is 4.74 Å². The van der Waals surface area contributed by atoms with Gasteiger partial charge in [0.25, 0.3) is 0 Å². The SMILES string of the molecule is CC(C)(C)OC(=O)NN1C=CC=C(Cl)C1C#N. The molecular formula is C11H14ClN3O2. The van der Waals surface area contributed by atoms with Crippen molar-refractivity contribution < 1.29 is 9.53 Å². The number of allylic oxidation sites excluding steroid dienone is 2. The largest absolute Gasteiger partial charge is 0.443 e. The summed E-state index contributed by atoms with van der Waals surface area (Å²) >= 11 is 5.85. The van der Waals surface area contributed by atoms with E-state index in [4.69, 9.17) is 21.6 Å². The molecule has 1 amide bonds. The normalized spacial score (nSPS) is 19.4. The van der Waals surface area contributed by atoms with Gasteiger partial charge >= 0.3 is 6.09 Å². The Morgan fingerprint density at radius 3 is 2.82 bits per heavy atom. The van der Waals surface area contributed by atoms with Crippen LogP contribution in [0.2, 0.25) is 0 Å². The summed E-state index contributed by atoms with van der Waals surface area (Å²) in [4.78, 5) is 11.5. The van der Waals surface area contributed by atoms with Crippen LogP contribution in [-0.4, -0.2) is 22.7 Å². The van der Waals surface area contributed by atoms with E-state index in [9.17, 15) is 4.79 Å². The minimum absolute atomic E-state index is 0.339. The molecule has 1 atom stereocenters. The third-order valence-electron chi connectivity index (χ3n) is 1.78. The van der Waals surface area contributed by atoms with Crippen molar-refractivity contribution in [1.29, 1.82) is 5.26 Å². The highest BCUT2D eigenvalue weighted by Crippen LogP contribution is 2.18. The van der Waals surface area contributed by atoms with Gasteiger partial charge in [-0.2, -0.15) is 5.26 Å². The summed E-state index contributed by atoms with van der Waals surface area (Å²) in [6.45, 7) is 5.27. The summed E-state index contributed by atoms with van der Waals surface area (Å²) in [6, 6.07) is 1.25. The summed E-state index contributed by atoms with van der Waals surface area (Å²) in [5.41, 5.74) is 1.85. The van der Waals surface area contributed by atoms with Gasteiger partial charge in [-0.3, -0.25) is 5.01 Å². The molecule has 0 radical (unpaired) electrons. The lowest BCUT2D eigenvalue weighted by molar-refractivity contribution is 0.0383. The van der Waals surface area contributed by atoms with Crippen molar-refractivity contribution in [3.05, 3.63) is 23.4 Å². The average Bonchev–Trinajstić information content (AvgIpc) is 2.14. The first-order valence-corrected chi connectivity index (χ1v) is 5.43. The summed E-state index contributed by atoms with van der Waals surface area (Å²) in [5.74, 6) is 0. The van der Waals surface area contributed by atoms with Crippen LogP contribution in [0, 0.1) is 11.3 Å². The van der Waals surface area contributed by atoms with E-state index in [0.29, 0.717) is 5.03 Å². The maximum atomic E-state index is 11.5. The van der Waals surface area contributed by atoms with E-state index in [2.05, 4.69) is 5.43 Å². The van der Waals surface area contributed by atoms with E-state index in [1.165, 1.54) is 5.01 Å². The number of hydrazine groups is 1. The van der Waals surface area contributed by atoms with Gasteiger partial charge in [0.2, 0.25) is 0 Å². The highest BCUT2D eigenvalue weighted by atomic mass is 35.5. The van der Waals surface area contributed by atoms with Crippen LogP contribution < -0.4 is 5.43 Å². The number of amides is 1. The molecule has 1 rings (SSSR count). The Bertz CT molecular complexity index is 404. The molecule has 0 saturated heterocycles. The summed E-state index contributed by atoms with van der Waals surface area (Å²) < 4.78 is 5.07. The molecule has 0 spiro atoms. The van der Waals surface area contributed by atoms with Crippen molar-refractivity contribution >= 4 is 17.7 Å². The maximum Gasteiger partial charge on any atom is 0.426 e. The number of hydrogen-bond donors (Lipinski definition) is 1. The van der Waals surface area contributed by atoms with E-state index in [1.54, 1.807) is 39.1 Å². The second-order valence-electron chi connectivity index (χ2n) is 4.45. The van der Waals surface area contributed by atoms with Gasteiger partial charge in [0.15, 0.2) is 6.04 Å². The van der Waals surface area contributed by atoms with Gasteiger partial charge in [-0.15, -0.1) is 0 Å². The molecule has 0 saturated carbocycles. The summed E-state index contributed by atoms with van der Waals surface area (Å²) in [5, 5.41) is 10.6. The van der Waals surface area contributed by atoms with Gasteiger partial charge in [-0.25, -0.2) is 10.2 Å². The number of ether oxygens (including phenoxy) is 1. The molecule has 0 aliphatic carbocycles. The summed E-state index contributed by atoms with van der Waals surface area (Å²) in [7, 11) is 0. The van der Waals surface area contributed by atoms with Crippen molar-refractivity contribution in [2.75, 3.05) is 0 Å². The molecule has 92 valence electrons. The zero-order valence-electron chi connectivity index (χ0n) is 9.90. The fraction of sp³-hybridized carbons (Fsp3) is 0.455. The van der Waals surface area contributed by atoms with Gasteiger partial charge in [-0.1, -0.05) is 11.6 Å². The van der Waals surface area contributed by atoms with E-state index < -0.39 is 17.7 Å². The van der Waals surface area contributed by atoms with Gasteiger partial charge in [0.1, 0.15) is 5.60 Å². The molecule has 1 aliphatic rings. The third kappa shape index (κ3) is 4.00. The van der Waals surface area contributed by atoms with Crippen molar-refractivity contribution in [1.82, 2.24) is 10.4 Å². The molecule has 1 N–H and O–H groups in total. The Kier molecular flexibility index (Phi) is 4.02. The van der Waals surface area contributed by atoms with E-state index >= 15 is 0 Å². The number of carbonyl (C=O) groups is 1. The Morgan fingerprint density at radius 1 is 1.65 bits per heavy atom. The van der Waals surface area contributed by atoms with E-state index in [0.717, 1.165) is 0 Å². The highest BCUT2D eigenvalue weighted by Gasteiger charge is 2.24. The van der Waals surface area contributed by atoms with Gasteiger partial charge < -0.3 is 4.74 Å². The minimum atomic E-state index is -0.728. The fourth-order valence-corrected chi connectivity index (χ4v) is 1.40. The Morgan fingerprint density at radius 2 is 2.29 bits per heavy atom. The average molecular weight is 256 g/mol. The number of nitrogens with zero attached hydrogens (tertiary/aromatic N) is 2. The summed E-state index contributed by atoms with van der Waals surface area (Å²) in [6.07, 6.45) is 4.15. The fourth-order valence-electron chi connectivity index (χ4n) is 1.17. The van der Waals surface area contributed by atoms with Crippen LogP contribution in [0.15, 0.2) is 23.4 Å². The topological polar surface area (TPSA) is 65.4 Å². The highest BCUT2D eigenvalue weighted by molar-refractivity contribution is 6.30. The van der Waals surface area contributed by atoms with Crippen LogP contribution in [0.3, 0.4) is 0 Å². The number of nitriles is 1. The quantitative estimate of drug-likeness (QED) is 0.781. The molecule has 0 fully saturated rings. The van der Waals surface area contributed by atoms with Crippen LogP contribution >= 0.6 is 11.6 Å². The lowest BCUT2D eigenvalue weighted by atomic mass is 10.2. The zero-order chi connectivity index (χ0) is 13.1. The first-order valence-electron chi connectivity index (χ1n) is 5.05. The minimum Gasteiger partial charge on any atom is -0.443 e. The predicted octanol–water partition coefficient (Wildman–Crippen LogP) is 2.27. The Hall–Kier alpha value is -1.67. The molecule has 1 heterocycles. The van der Waals surface area contributed by atoms with Crippen molar-refractivity contribution in [3.8, 4) is 6.07 Å². The Labute approximate surface area is 105 Å². The Balaban J connectivity index is 2.64. The van der Waals surface area contributed by atoms with E-state index in [-0.39, 0.29) is 0 Å². The van der Waals surface area contributed by atoms with Crippen molar-refractivity contribution in [2.24, 2.45) is 0 Å². The third-order valence-corrected chi connectivity index (χ3v) is 2.12. The number of carbonyl (C=O) groups excluding carboxylic acids is 1. The first kappa shape index (κ1) is 13.4. The second-order valence-corrected chi connectivity index (χ2v) is 4.88. The van der Waals surface area contributed by atoms with Gasteiger partial charge in [0, 0.05) is 6.20 Å². The van der Waals surface area contributed by atoms with Crippen molar-refractivity contribution in [2.45, 2.75) is 32.4 Å². The molecular weight excluding hydrogens is 242 g/mol.